The van der Waals surface area contributed by atoms with Gasteiger partial charge in [-0.15, -0.1) is 11.3 Å². The number of benzene rings is 1. The number of halogens is 1. The van der Waals surface area contributed by atoms with Crippen LogP contribution in [0.15, 0.2) is 30.5 Å². The van der Waals surface area contributed by atoms with Crippen LogP contribution < -0.4 is 15.8 Å². The molecule has 4 rings (SSSR count). The van der Waals surface area contributed by atoms with Gasteiger partial charge >= 0.3 is 0 Å². The highest BCUT2D eigenvalue weighted by molar-refractivity contribution is 7.86. The van der Waals surface area contributed by atoms with Gasteiger partial charge in [-0.1, -0.05) is 19.9 Å². The van der Waals surface area contributed by atoms with Crippen LogP contribution in [0.3, 0.4) is 0 Å². The lowest BCUT2D eigenvalue weighted by Crippen LogP contribution is -2.37. The predicted molar refractivity (Wildman–Crippen MR) is 129 cm³/mol. The molecule has 0 spiro atoms. The predicted octanol–water partition coefficient (Wildman–Crippen LogP) is 4.12. The Bertz CT molecular complexity index is 1130. The molecule has 1 aromatic carbocycles. The van der Waals surface area contributed by atoms with Crippen molar-refractivity contribution in [2.24, 2.45) is 0 Å². The van der Waals surface area contributed by atoms with E-state index in [0.29, 0.717) is 22.7 Å². The number of piperidine rings is 1. The van der Waals surface area contributed by atoms with Gasteiger partial charge in [0.15, 0.2) is 5.82 Å². The summed E-state index contributed by atoms with van der Waals surface area (Å²) in [7, 11) is -1.35. The minimum atomic E-state index is -1.35. The van der Waals surface area contributed by atoms with Crippen molar-refractivity contribution in [2.75, 3.05) is 29.3 Å². The van der Waals surface area contributed by atoms with E-state index in [1.54, 1.807) is 30.5 Å². The van der Waals surface area contributed by atoms with Gasteiger partial charge in [-0.25, -0.2) is 23.6 Å². The fourth-order valence-corrected chi connectivity index (χ4v) is 5.91. The summed E-state index contributed by atoms with van der Waals surface area (Å²) in [5, 5.41) is 4.34. The number of thiazole rings is 1. The van der Waals surface area contributed by atoms with Gasteiger partial charge in [0.1, 0.15) is 11.0 Å². The highest BCUT2D eigenvalue weighted by atomic mass is 32.2. The molecule has 32 heavy (non-hydrogen) atoms. The van der Waals surface area contributed by atoms with E-state index in [2.05, 4.69) is 26.9 Å². The van der Waals surface area contributed by atoms with Crippen molar-refractivity contribution in [1.29, 1.82) is 0 Å². The van der Waals surface area contributed by atoms with Crippen LogP contribution in [0.4, 0.5) is 16.0 Å². The summed E-state index contributed by atoms with van der Waals surface area (Å²) in [4.78, 5) is 14.1. The fraction of sp³-hybridized carbons (Fsp3) is 0.409. The third-order valence-electron chi connectivity index (χ3n) is 5.62. The summed E-state index contributed by atoms with van der Waals surface area (Å²) in [5.41, 5.74) is 7.41. The van der Waals surface area contributed by atoms with E-state index in [1.807, 2.05) is 6.92 Å². The lowest BCUT2D eigenvalue weighted by atomic mass is 9.82. The molecule has 0 aliphatic carbocycles. The second-order valence-electron chi connectivity index (χ2n) is 8.13. The van der Waals surface area contributed by atoms with E-state index >= 15 is 4.39 Å². The largest absolute Gasteiger partial charge is 0.368 e. The SMILES string of the molecule is CCCS(=O)Nc1cccc(-c2nc(C3(C)CCNCC3)sc2-c2ccnc(N)n2)c1F. The number of rotatable bonds is 7. The maximum atomic E-state index is 15.6. The summed E-state index contributed by atoms with van der Waals surface area (Å²) in [5.74, 6) is 0.123. The van der Waals surface area contributed by atoms with Gasteiger partial charge in [-0.05, 0) is 50.6 Å². The lowest BCUT2D eigenvalue weighted by Gasteiger charge is -2.32. The Kier molecular flexibility index (Phi) is 6.82. The van der Waals surface area contributed by atoms with Crippen LogP contribution >= 0.6 is 11.3 Å². The molecule has 1 saturated heterocycles. The van der Waals surface area contributed by atoms with Crippen molar-refractivity contribution in [3.8, 4) is 21.8 Å². The van der Waals surface area contributed by atoms with Crippen molar-refractivity contribution in [1.82, 2.24) is 20.3 Å². The van der Waals surface area contributed by atoms with Crippen LogP contribution in [0.25, 0.3) is 21.8 Å². The molecule has 1 atom stereocenters. The van der Waals surface area contributed by atoms with Gasteiger partial charge in [0, 0.05) is 22.9 Å². The van der Waals surface area contributed by atoms with Crippen LogP contribution in [0.5, 0.6) is 0 Å². The molecular formula is C22H27FN6OS2. The van der Waals surface area contributed by atoms with Crippen molar-refractivity contribution < 1.29 is 8.60 Å². The zero-order valence-corrected chi connectivity index (χ0v) is 19.8. The molecule has 0 radical (unpaired) electrons. The van der Waals surface area contributed by atoms with Crippen LogP contribution in [0, 0.1) is 5.82 Å². The van der Waals surface area contributed by atoms with Crippen LogP contribution in [-0.4, -0.2) is 38.0 Å². The van der Waals surface area contributed by atoms with Crippen molar-refractivity contribution in [3.05, 3.63) is 41.3 Å². The molecule has 3 aromatic rings. The molecule has 0 saturated carbocycles. The monoisotopic (exact) mass is 474 g/mol. The van der Waals surface area contributed by atoms with Crippen LogP contribution in [0.1, 0.15) is 38.1 Å². The Hall–Kier alpha value is -2.43. The normalized spacial score (nSPS) is 16.6. The summed E-state index contributed by atoms with van der Waals surface area (Å²) < 4.78 is 30.5. The van der Waals surface area contributed by atoms with Crippen LogP contribution in [0.2, 0.25) is 0 Å². The first-order valence-corrected chi connectivity index (χ1v) is 12.8. The maximum Gasteiger partial charge on any atom is 0.220 e. The summed E-state index contributed by atoms with van der Waals surface area (Å²) >= 11 is 1.53. The third kappa shape index (κ3) is 4.67. The zero-order valence-electron chi connectivity index (χ0n) is 18.2. The molecule has 1 aliphatic rings. The Morgan fingerprint density at radius 2 is 2.06 bits per heavy atom. The molecule has 3 heterocycles. The summed E-state index contributed by atoms with van der Waals surface area (Å²) in [6, 6.07) is 6.79. The average molecular weight is 475 g/mol. The van der Waals surface area contributed by atoms with Crippen molar-refractivity contribution in [2.45, 2.75) is 38.5 Å². The molecule has 170 valence electrons. The van der Waals surface area contributed by atoms with Gasteiger partial charge < -0.3 is 15.8 Å². The van der Waals surface area contributed by atoms with E-state index < -0.39 is 16.8 Å². The minimum absolute atomic E-state index is 0.101. The second kappa shape index (κ2) is 9.60. The molecule has 1 unspecified atom stereocenters. The topological polar surface area (TPSA) is 106 Å². The number of nitrogen functional groups attached to an aromatic ring is 1. The highest BCUT2D eigenvalue weighted by Crippen LogP contribution is 2.44. The van der Waals surface area contributed by atoms with E-state index in [9.17, 15) is 4.21 Å². The van der Waals surface area contributed by atoms with Gasteiger partial charge in [0.2, 0.25) is 5.95 Å². The standard InChI is InChI=1S/C22H27FN6OS2/c1-3-13-32(30)29-15-6-4-5-14(17(15)23)18-19(16-7-10-26-21(24)27-16)31-20(28-18)22(2)8-11-25-12-9-22/h4-7,10,25,29H,3,8-9,11-13H2,1-2H3,(H2,24,26,27). The number of nitrogens with one attached hydrogen (secondary N) is 2. The smallest absolute Gasteiger partial charge is 0.220 e. The van der Waals surface area contributed by atoms with Crippen LogP contribution in [-0.2, 0) is 16.4 Å². The lowest BCUT2D eigenvalue weighted by molar-refractivity contribution is 0.334. The molecule has 4 N–H and O–H groups in total. The summed E-state index contributed by atoms with van der Waals surface area (Å²) in [6.45, 7) is 5.97. The Labute approximate surface area is 193 Å². The number of nitrogens with zero attached hydrogens (tertiary/aromatic N) is 3. The molecular weight excluding hydrogens is 447 g/mol. The molecule has 7 nitrogen and oxygen atoms in total. The highest BCUT2D eigenvalue weighted by Gasteiger charge is 2.34. The van der Waals surface area contributed by atoms with Crippen molar-refractivity contribution >= 4 is 34.0 Å². The fourth-order valence-electron chi connectivity index (χ4n) is 3.78. The van der Waals surface area contributed by atoms with Gasteiger partial charge in [-0.2, -0.15) is 0 Å². The number of hydrogen-bond donors (Lipinski definition) is 3. The first-order chi connectivity index (χ1) is 15.4. The van der Waals surface area contributed by atoms with Crippen molar-refractivity contribution in [3.63, 3.8) is 0 Å². The Morgan fingerprint density at radius 3 is 2.78 bits per heavy atom. The molecule has 1 fully saturated rings. The number of nitrogens with two attached hydrogens (primary N) is 1. The maximum absolute atomic E-state index is 15.6. The molecule has 1 aliphatic heterocycles. The summed E-state index contributed by atoms with van der Waals surface area (Å²) in [6.07, 6.45) is 4.23. The van der Waals surface area contributed by atoms with Gasteiger partial charge in [0.05, 0.1) is 27.0 Å². The Morgan fingerprint density at radius 1 is 1.28 bits per heavy atom. The Balaban J connectivity index is 1.83. The van der Waals surface area contributed by atoms with E-state index in [1.165, 1.54) is 11.3 Å². The number of aromatic nitrogens is 3. The second-order valence-corrected chi connectivity index (χ2v) is 10.4. The first kappa shape index (κ1) is 22.8. The molecule has 0 bridgehead atoms. The zero-order chi connectivity index (χ0) is 22.7. The minimum Gasteiger partial charge on any atom is -0.368 e. The third-order valence-corrected chi connectivity index (χ3v) is 8.24. The van der Waals surface area contributed by atoms with Gasteiger partial charge in [0.25, 0.3) is 0 Å². The number of hydrogen-bond acceptors (Lipinski definition) is 7. The quantitative estimate of drug-likeness (QED) is 0.476. The molecule has 0 amide bonds. The first-order valence-electron chi connectivity index (χ1n) is 10.7. The molecule has 2 aromatic heterocycles. The molecule has 10 heteroatoms. The average Bonchev–Trinajstić information content (AvgIpc) is 3.22. The van der Waals surface area contributed by atoms with E-state index in [4.69, 9.17) is 10.7 Å². The van der Waals surface area contributed by atoms with Gasteiger partial charge in [-0.3, -0.25) is 0 Å². The van der Waals surface area contributed by atoms with E-state index in [0.717, 1.165) is 42.2 Å². The number of anilines is 2. The van der Waals surface area contributed by atoms with E-state index in [-0.39, 0.29) is 17.1 Å².